The Labute approximate surface area is 151 Å². The van der Waals surface area contributed by atoms with Gasteiger partial charge in [-0.05, 0) is 42.3 Å². The maximum atomic E-state index is 11.3. The molecule has 2 heterocycles. The number of ether oxygens (including phenoxy) is 1. The number of hydrogen-bond acceptors (Lipinski definition) is 6. The van der Waals surface area contributed by atoms with Gasteiger partial charge in [0.05, 0.1) is 23.5 Å². The van der Waals surface area contributed by atoms with Crippen molar-refractivity contribution in [3.63, 3.8) is 0 Å². The summed E-state index contributed by atoms with van der Waals surface area (Å²) >= 11 is 0. The molecule has 130 valence electrons. The van der Waals surface area contributed by atoms with E-state index >= 15 is 0 Å². The molecule has 3 aromatic rings. The largest absolute Gasteiger partial charge is 0.456 e. The third-order valence-electron chi connectivity index (χ3n) is 4.18. The van der Waals surface area contributed by atoms with Gasteiger partial charge in [0.2, 0.25) is 0 Å². The van der Waals surface area contributed by atoms with E-state index in [2.05, 4.69) is 21.0 Å². The highest BCUT2D eigenvalue weighted by molar-refractivity contribution is 5.38. The molecule has 1 aromatic carbocycles. The molecule has 2 aromatic heterocycles. The van der Waals surface area contributed by atoms with Crippen molar-refractivity contribution in [3.8, 4) is 17.6 Å². The molecule has 0 spiro atoms. The predicted molar refractivity (Wildman–Crippen MR) is 95.3 cm³/mol. The second-order valence-electron chi connectivity index (χ2n) is 6.17. The van der Waals surface area contributed by atoms with E-state index in [0.29, 0.717) is 28.3 Å². The molecule has 1 N–H and O–H groups in total. The van der Waals surface area contributed by atoms with Gasteiger partial charge in [-0.2, -0.15) is 5.26 Å². The van der Waals surface area contributed by atoms with Crippen LogP contribution in [0.3, 0.4) is 0 Å². The van der Waals surface area contributed by atoms with Crippen LogP contribution >= 0.6 is 0 Å². The van der Waals surface area contributed by atoms with Crippen LogP contribution in [0.5, 0.6) is 11.5 Å². The normalized spacial score (nSPS) is 13.0. The van der Waals surface area contributed by atoms with Crippen molar-refractivity contribution in [1.29, 1.82) is 5.26 Å². The zero-order valence-electron chi connectivity index (χ0n) is 14.5. The Morgan fingerprint density at radius 1 is 1.00 bits per heavy atom. The predicted octanol–water partition coefficient (Wildman–Crippen LogP) is 3.43. The average Bonchev–Trinajstić information content (AvgIpc) is 2.69. The second kappa shape index (κ2) is 7.30. The first-order valence-electron chi connectivity index (χ1n) is 8.16. The fraction of sp³-hybridized carbons (Fsp3) is 0.200. The van der Waals surface area contributed by atoms with Gasteiger partial charge >= 0.3 is 0 Å². The van der Waals surface area contributed by atoms with Gasteiger partial charge in [-0.1, -0.05) is 13.8 Å². The second-order valence-corrected chi connectivity index (χ2v) is 6.17. The maximum Gasteiger partial charge on any atom is 0.145 e. The lowest BCUT2D eigenvalue weighted by molar-refractivity contribution is 0.0268. The molecule has 26 heavy (non-hydrogen) atoms. The van der Waals surface area contributed by atoms with E-state index < -0.39 is 5.60 Å². The number of hydrogen-bond donors (Lipinski definition) is 1. The Morgan fingerprint density at radius 3 is 2.19 bits per heavy atom. The number of benzene rings is 1. The van der Waals surface area contributed by atoms with Crippen LogP contribution in [0.25, 0.3) is 0 Å². The third-order valence-corrected chi connectivity index (χ3v) is 4.18. The lowest BCUT2D eigenvalue weighted by atomic mass is 9.81. The monoisotopic (exact) mass is 346 g/mol. The van der Waals surface area contributed by atoms with E-state index in [0.717, 1.165) is 0 Å². The van der Waals surface area contributed by atoms with Crippen LogP contribution < -0.4 is 4.74 Å². The smallest absolute Gasteiger partial charge is 0.145 e. The Kier molecular flexibility index (Phi) is 4.92. The van der Waals surface area contributed by atoms with Crippen LogP contribution in [0.1, 0.15) is 30.7 Å². The molecule has 0 aliphatic rings. The summed E-state index contributed by atoms with van der Waals surface area (Å²) in [5, 5.41) is 20.1. The lowest BCUT2D eigenvalue weighted by Gasteiger charge is -2.31. The molecule has 0 saturated heterocycles. The Bertz CT molecular complexity index is 903. The Morgan fingerprint density at radius 2 is 1.65 bits per heavy atom. The van der Waals surface area contributed by atoms with Crippen molar-refractivity contribution < 1.29 is 9.84 Å². The van der Waals surface area contributed by atoms with Crippen LogP contribution in [-0.4, -0.2) is 20.1 Å². The third kappa shape index (κ3) is 3.39. The summed E-state index contributed by atoms with van der Waals surface area (Å²) in [7, 11) is 0. The Hall–Kier alpha value is -3.30. The van der Waals surface area contributed by atoms with Gasteiger partial charge in [-0.3, -0.25) is 4.98 Å². The summed E-state index contributed by atoms with van der Waals surface area (Å²) in [6.45, 7) is 3.83. The van der Waals surface area contributed by atoms with Crippen molar-refractivity contribution in [2.45, 2.75) is 19.4 Å². The summed E-state index contributed by atoms with van der Waals surface area (Å²) < 4.78 is 5.73. The molecule has 3 rings (SSSR count). The van der Waals surface area contributed by atoms with Gasteiger partial charge in [0.1, 0.15) is 23.4 Å². The number of pyridine rings is 1. The number of aromatic nitrogens is 3. The molecule has 6 heteroatoms. The number of nitrogens with zero attached hydrogens (tertiary/aromatic N) is 4. The van der Waals surface area contributed by atoms with Gasteiger partial charge in [-0.15, -0.1) is 0 Å². The summed E-state index contributed by atoms with van der Waals surface area (Å²) in [6.07, 6.45) is 6.17. The fourth-order valence-electron chi connectivity index (χ4n) is 2.67. The van der Waals surface area contributed by atoms with Crippen molar-refractivity contribution in [2.24, 2.45) is 5.92 Å². The minimum atomic E-state index is -1.30. The van der Waals surface area contributed by atoms with Crippen molar-refractivity contribution in [3.05, 3.63) is 78.1 Å². The average molecular weight is 346 g/mol. The molecule has 0 radical (unpaired) electrons. The molecular weight excluding hydrogens is 328 g/mol. The molecule has 0 aliphatic heterocycles. The summed E-state index contributed by atoms with van der Waals surface area (Å²) in [5.74, 6) is 1.01. The van der Waals surface area contributed by atoms with E-state index in [1.54, 1.807) is 55.0 Å². The molecule has 0 amide bonds. The highest BCUT2D eigenvalue weighted by Crippen LogP contribution is 2.35. The molecule has 0 aliphatic carbocycles. The van der Waals surface area contributed by atoms with Crippen molar-refractivity contribution in [2.75, 3.05) is 0 Å². The summed E-state index contributed by atoms with van der Waals surface area (Å²) in [5.41, 5.74) is 0.351. The zero-order chi connectivity index (χ0) is 18.6. The minimum absolute atomic E-state index is 0.133. The lowest BCUT2D eigenvalue weighted by Crippen LogP contribution is -2.34. The molecule has 1 unspecified atom stereocenters. The van der Waals surface area contributed by atoms with Crippen molar-refractivity contribution >= 4 is 0 Å². The first-order chi connectivity index (χ1) is 12.5. The molecule has 0 bridgehead atoms. The SMILES string of the molecule is CC(C)C(O)(c1cncnc1)c1ccc(Oc2ccc(C#N)cc2)cn1. The highest BCUT2D eigenvalue weighted by Gasteiger charge is 2.37. The van der Waals surface area contributed by atoms with Gasteiger partial charge < -0.3 is 9.84 Å². The molecule has 0 saturated carbocycles. The van der Waals surface area contributed by atoms with E-state index in [1.165, 1.54) is 6.33 Å². The van der Waals surface area contributed by atoms with E-state index in [-0.39, 0.29) is 5.92 Å². The first-order valence-corrected chi connectivity index (χ1v) is 8.16. The van der Waals surface area contributed by atoms with Gasteiger partial charge in [-0.25, -0.2) is 9.97 Å². The minimum Gasteiger partial charge on any atom is -0.456 e. The molecule has 0 fully saturated rings. The first kappa shape index (κ1) is 17.5. The maximum absolute atomic E-state index is 11.3. The van der Waals surface area contributed by atoms with Crippen LogP contribution in [0, 0.1) is 17.2 Å². The van der Waals surface area contributed by atoms with Crippen molar-refractivity contribution in [1.82, 2.24) is 15.0 Å². The van der Waals surface area contributed by atoms with Gasteiger partial charge in [0, 0.05) is 18.0 Å². The number of nitriles is 1. The quantitative estimate of drug-likeness (QED) is 0.761. The topological polar surface area (TPSA) is 91.9 Å². The number of aliphatic hydroxyl groups is 1. The van der Waals surface area contributed by atoms with Gasteiger partial charge in [0.25, 0.3) is 0 Å². The standard InChI is InChI=1S/C20H18N4O2/c1-14(2)20(25,16-10-22-13-23-11-16)19-8-7-18(12-24-19)26-17-5-3-15(9-21)4-6-17/h3-8,10-14,25H,1-2H3. The molecular formula is C20H18N4O2. The summed E-state index contributed by atoms with van der Waals surface area (Å²) in [6, 6.07) is 12.3. The van der Waals surface area contributed by atoms with E-state index in [9.17, 15) is 5.11 Å². The Balaban J connectivity index is 1.86. The fourth-order valence-corrected chi connectivity index (χ4v) is 2.67. The van der Waals surface area contributed by atoms with Crippen LogP contribution in [0.2, 0.25) is 0 Å². The molecule has 1 atom stereocenters. The van der Waals surface area contributed by atoms with E-state index in [1.807, 2.05) is 13.8 Å². The van der Waals surface area contributed by atoms with Gasteiger partial charge in [0.15, 0.2) is 0 Å². The summed E-state index contributed by atoms with van der Waals surface area (Å²) in [4.78, 5) is 12.4. The van der Waals surface area contributed by atoms with Crippen LogP contribution in [0.15, 0.2) is 61.3 Å². The van der Waals surface area contributed by atoms with Crippen LogP contribution in [-0.2, 0) is 5.60 Å². The molecule has 6 nitrogen and oxygen atoms in total. The number of rotatable bonds is 5. The van der Waals surface area contributed by atoms with Crippen LogP contribution in [0.4, 0.5) is 0 Å². The van der Waals surface area contributed by atoms with E-state index in [4.69, 9.17) is 10.00 Å². The highest BCUT2D eigenvalue weighted by atomic mass is 16.5. The zero-order valence-corrected chi connectivity index (χ0v) is 14.5.